The molecule has 0 fully saturated rings. The van der Waals surface area contributed by atoms with Crippen LogP contribution < -0.4 is 17.3 Å². The van der Waals surface area contributed by atoms with Gasteiger partial charge in [0.25, 0.3) is 0 Å². The molecule has 0 aliphatic carbocycles. The van der Waals surface area contributed by atoms with E-state index in [0.29, 0.717) is 0 Å². The van der Waals surface area contributed by atoms with Gasteiger partial charge in [-0.05, 0) is 6.92 Å². The van der Waals surface area contributed by atoms with Gasteiger partial charge >= 0.3 is 0 Å². The molecule has 0 rings (SSSR count). The molecule has 9 heavy (non-hydrogen) atoms. The molecule has 0 aromatic rings. The number of aliphatic hydroxyl groups is 1. The molecule has 0 heterocycles. The van der Waals surface area contributed by atoms with E-state index in [1.165, 1.54) is 4.90 Å². The number of hydrogen-bond donors (Lipinski definition) is 2. The van der Waals surface area contributed by atoms with Crippen LogP contribution >= 0.6 is 0 Å². The van der Waals surface area contributed by atoms with Crippen molar-refractivity contribution < 1.29 is 22.4 Å². The van der Waals surface area contributed by atoms with Crippen molar-refractivity contribution >= 4 is 0 Å². The van der Waals surface area contributed by atoms with Crippen LogP contribution in [0.5, 0.6) is 0 Å². The summed E-state index contributed by atoms with van der Waals surface area (Å²) in [6.07, 6.45) is 2.56. The molecule has 0 aliphatic heterocycles. The summed E-state index contributed by atoms with van der Waals surface area (Å²) < 4.78 is 0. The van der Waals surface area contributed by atoms with Crippen LogP contribution in [-0.4, -0.2) is 26.2 Å². The van der Waals surface area contributed by atoms with Crippen LogP contribution in [0.3, 0.4) is 0 Å². The van der Waals surface area contributed by atoms with Crippen LogP contribution in [0.25, 0.3) is 0 Å². The second-order valence-corrected chi connectivity index (χ2v) is 1.98. The Morgan fingerprint density at radius 3 is 1.33 bits per heavy atom. The third-order valence-corrected chi connectivity index (χ3v) is 0.149. The Hall–Kier alpha value is -0.210. The molecule has 58 valence electrons. The van der Waals surface area contributed by atoms with Crippen LogP contribution in [-0.2, 0) is 0 Å². The summed E-state index contributed by atoms with van der Waals surface area (Å²) in [5.41, 5.74) is 0. The normalized spacial score (nSPS) is 8.11. The van der Waals surface area contributed by atoms with Crippen LogP contribution in [0.15, 0.2) is 12.3 Å². The number of halogens is 1. The molecule has 0 bridgehead atoms. The minimum atomic E-state index is 0. The van der Waals surface area contributed by atoms with Crippen molar-refractivity contribution in [2.24, 2.45) is 0 Å². The van der Waals surface area contributed by atoms with Gasteiger partial charge in [-0.3, -0.25) is 0 Å². The summed E-state index contributed by atoms with van der Waals surface area (Å²) in [4.78, 5) is 1.42. The lowest BCUT2D eigenvalue weighted by Gasteiger charge is -1.88. The summed E-state index contributed by atoms with van der Waals surface area (Å²) in [5, 5.41) is 7.69. The van der Waals surface area contributed by atoms with E-state index >= 15 is 0 Å². The van der Waals surface area contributed by atoms with E-state index in [4.69, 9.17) is 5.11 Å². The second-order valence-electron chi connectivity index (χ2n) is 1.98. The highest BCUT2D eigenvalue weighted by atomic mass is 35.5. The molecule has 0 saturated heterocycles. The van der Waals surface area contributed by atoms with Crippen molar-refractivity contribution in [3.05, 3.63) is 12.3 Å². The summed E-state index contributed by atoms with van der Waals surface area (Å²) in [7, 11) is 6.25. The number of quaternary nitrogens is 1. The second kappa shape index (κ2) is 15.7. The fraction of sp³-hybridized carbons (Fsp3) is 0.667. The zero-order valence-corrected chi connectivity index (χ0v) is 7.24. The first-order valence-electron chi connectivity index (χ1n) is 2.67. The van der Waals surface area contributed by atoms with Gasteiger partial charge in [-0.2, -0.15) is 0 Å². The van der Waals surface area contributed by atoms with E-state index in [1.807, 2.05) is 0 Å². The van der Waals surface area contributed by atoms with Crippen molar-refractivity contribution in [3.8, 4) is 0 Å². The quantitative estimate of drug-likeness (QED) is 0.353. The molecule has 2 nitrogen and oxygen atoms in total. The summed E-state index contributed by atoms with van der Waals surface area (Å²) in [6, 6.07) is 0. The van der Waals surface area contributed by atoms with Crippen LogP contribution in [0, 0.1) is 0 Å². The molecular formula is C6H16ClNO. The number of rotatable bonds is 0. The van der Waals surface area contributed by atoms with E-state index in [2.05, 4.69) is 21.1 Å². The molecule has 3 heteroatoms. The Morgan fingerprint density at radius 1 is 1.22 bits per heavy atom. The first-order chi connectivity index (χ1) is 3.65. The molecule has 0 atom stereocenters. The summed E-state index contributed by atoms with van der Waals surface area (Å²) in [6.45, 7) is 1.75. The van der Waals surface area contributed by atoms with Gasteiger partial charge in [0, 0.05) is 0 Å². The molecule has 0 amide bonds. The van der Waals surface area contributed by atoms with Crippen LogP contribution in [0.4, 0.5) is 0 Å². The molecular weight excluding hydrogens is 138 g/mol. The highest BCUT2D eigenvalue weighted by molar-refractivity contribution is 4.60. The summed E-state index contributed by atoms with van der Waals surface area (Å²) >= 11 is 0. The Kier molecular flexibility index (Phi) is 27.7. The number of nitrogens with one attached hydrogen (secondary N) is 1. The van der Waals surface area contributed by atoms with Crippen LogP contribution in [0.1, 0.15) is 6.92 Å². The van der Waals surface area contributed by atoms with Gasteiger partial charge in [0.15, 0.2) is 0 Å². The Balaban J connectivity index is -0.0000000720. The first-order valence-corrected chi connectivity index (χ1v) is 2.67. The number of aliphatic hydroxyl groups excluding tert-OH is 1. The van der Waals surface area contributed by atoms with Gasteiger partial charge in [0.1, 0.15) is 0 Å². The zero-order chi connectivity index (χ0) is 6.99. The van der Waals surface area contributed by atoms with Gasteiger partial charge in [-0.15, -0.1) is 0 Å². The average molecular weight is 154 g/mol. The third kappa shape index (κ3) is 418. The minimum absolute atomic E-state index is 0. The van der Waals surface area contributed by atoms with Gasteiger partial charge in [0.2, 0.25) is 0 Å². The van der Waals surface area contributed by atoms with Crippen molar-refractivity contribution in [1.82, 2.24) is 0 Å². The fourth-order valence-corrected chi connectivity index (χ4v) is 0. The highest BCUT2D eigenvalue weighted by Crippen LogP contribution is 1.51. The van der Waals surface area contributed by atoms with Gasteiger partial charge in [-0.25, -0.2) is 0 Å². The standard InChI is InChI=1S/C3H9N.C3H6O.ClH/c1-4(2)3;1-2-3-4;/h1-3H3;2-4H,1H3;1H. The Labute approximate surface area is 63.6 Å². The Morgan fingerprint density at radius 2 is 1.33 bits per heavy atom. The smallest absolute Gasteiger partial charge is 0.0748 e. The topological polar surface area (TPSA) is 24.7 Å². The summed E-state index contributed by atoms with van der Waals surface area (Å²) in [5.74, 6) is 0. The monoisotopic (exact) mass is 153 g/mol. The predicted molar refractivity (Wildman–Crippen MR) is 36.2 cm³/mol. The molecule has 0 aromatic heterocycles. The van der Waals surface area contributed by atoms with E-state index in [9.17, 15) is 0 Å². The molecule has 2 N–H and O–H groups in total. The molecule has 0 radical (unpaired) electrons. The largest absolute Gasteiger partial charge is 1.00 e. The van der Waals surface area contributed by atoms with Crippen molar-refractivity contribution in [2.45, 2.75) is 6.92 Å². The molecule has 0 aliphatic rings. The van der Waals surface area contributed by atoms with E-state index in [-0.39, 0.29) is 12.4 Å². The molecule has 0 aromatic carbocycles. The molecule has 0 saturated carbocycles. The maximum atomic E-state index is 7.69. The van der Waals surface area contributed by atoms with Crippen molar-refractivity contribution in [1.29, 1.82) is 0 Å². The molecule has 0 spiro atoms. The van der Waals surface area contributed by atoms with Crippen LogP contribution in [0.2, 0.25) is 0 Å². The van der Waals surface area contributed by atoms with E-state index in [1.54, 1.807) is 13.0 Å². The lowest BCUT2D eigenvalue weighted by Crippen LogP contribution is -3.02. The zero-order valence-electron chi connectivity index (χ0n) is 6.48. The van der Waals surface area contributed by atoms with E-state index in [0.717, 1.165) is 6.26 Å². The number of allylic oxidation sites excluding steroid dienone is 1. The van der Waals surface area contributed by atoms with Crippen molar-refractivity contribution in [3.63, 3.8) is 0 Å². The average Bonchev–Trinajstić information content (AvgIpc) is 1.65. The lowest BCUT2D eigenvalue weighted by atomic mass is 10.8. The third-order valence-electron chi connectivity index (χ3n) is 0.149. The minimum Gasteiger partial charge on any atom is -1.00 e. The maximum absolute atomic E-state index is 7.69. The maximum Gasteiger partial charge on any atom is 0.0748 e. The fourth-order valence-electron chi connectivity index (χ4n) is 0. The Bertz CT molecular complexity index is 48.3. The number of hydrogen-bond acceptors (Lipinski definition) is 1. The predicted octanol–water partition coefficient (Wildman–Crippen LogP) is -3.16. The van der Waals surface area contributed by atoms with Gasteiger partial charge in [-0.1, -0.05) is 6.08 Å². The highest BCUT2D eigenvalue weighted by Gasteiger charge is 1.61. The first kappa shape index (κ1) is 15.9. The van der Waals surface area contributed by atoms with Gasteiger partial charge in [0.05, 0.1) is 27.4 Å². The lowest BCUT2D eigenvalue weighted by molar-refractivity contribution is -0.836. The van der Waals surface area contributed by atoms with Gasteiger partial charge < -0.3 is 22.4 Å². The molecule has 0 unspecified atom stereocenters. The SMILES string of the molecule is CC=CO.C[NH+](C)C.[Cl-]. The van der Waals surface area contributed by atoms with Crippen molar-refractivity contribution in [2.75, 3.05) is 21.1 Å². The van der Waals surface area contributed by atoms with E-state index < -0.39 is 0 Å².